The molecule has 22 heavy (non-hydrogen) atoms. The summed E-state index contributed by atoms with van der Waals surface area (Å²) in [6.45, 7) is 4.95. The Morgan fingerprint density at radius 1 is 1.18 bits per heavy atom. The third kappa shape index (κ3) is 3.08. The highest BCUT2D eigenvalue weighted by molar-refractivity contribution is 5.92. The number of hydrogen-bond donors (Lipinski definition) is 0. The zero-order valence-corrected chi connectivity index (χ0v) is 12.9. The third-order valence-electron chi connectivity index (χ3n) is 3.78. The topological polar surface area (TPSA) is 67.2 Å². The summed E-state index contributed by atoms with van der Waals surface area (Å²) in [5.74, 6) is 0.736. The van der Waals surface area contributed by atoms with E-state index in [9.17, 15) is 4.79 Å². The molecule has 0 atom stereocenters. The zero-order chi connectivity index (χ0) is 15.5. The summed E-state index contributed by atoms with van der Waals surface area (Å²) in [5.41, 5.74) is 1.46. The van der Waals surface area contributed by atoms with Crippen LogP contribution in [0.25, 0.3) is 0 Å². The van der Waals surface area contributed by atoms with E-state index in [0.29, 0.717) is 12.2 Å². The van der Waals surface area contributed by atoms with Crippen molar-refractivity contribution in [2.45, 2.75) is 13.3 Å². The van der Waals surface area contributed by atoms with E-state index in [1.165, 1.54) is 0 Å². The average Bonchev–Trinajstić information content (AvgIpc) is 2.80. The van der Waals surface area contributed by atoms with Crippen LogP contribution < -0.4 is 4.90 Å². The maximum absolute atomic E-state index is 12.5. The quantitative estimate of drug-likeness (QED) is 0.823. The summed E-state index contributed by atoms with van der Waals surface area (Å²) >= 11 is 0. The standard InChI is InChI=1S/C15H20N6O/c1-12-4-6-16-15(17-12)21-8-3-7-20(10-11-21)14(22)13-5-9-19(2)18-13/h4-6,9H,3,7-8,10-11H2,1-2H3. The molecule has 1 amide bonds. The van der Waals surface area contributed by atoms with Crippen molar-refractivity contribution >= 4 is 11.9 Å². The van der Waals surface area contributed by atoms with Gasteiger partial charge in [-0.25, -0.2) is 9.97 Å². The number of hydrogen-bond acceptors (Lipinski definition) is 5. The SMILES string of the molecule is Cc1ccnc(N2CCCN(C(=O)c3ccn(C)n3)CC2)n1. The predicted octanol–water partition coefficient (Wildman–Crippen LogP) is 0.871. The van der Waals surface area contributed by atoms with Crippen molar-refractivity contribution in [3.8, 4) is 0 Å². The van der Waals surface area contributed by atoms with Gasteiger partial charge in [-0.15, -0.1) is 0 Å². The minimum absolute atomic E-state index is 0.00684. The molecule has 2 aromatic heterocycles. The van der Waals surface area contributed by atoms with Gasteiger partial charge in [0.05, 0.1) is 0 Å². The van der Waals surface area contributed by atoms with Crippen LogP contribution in [-0.2, 0) is 7.05 Å². The second kappa shape index (κ2) is 6.13. The summed E-state index contributed by atoms with van der Waals surface area (Å²) in [4.78, 5) is 25.3. The number of rotatable bonds is 2. The second-order valence-electron chi connectivity index (χ2n) is 5.51. The molecule has 0 radical (unpaired) electrons. The zero-order valence-electron chi connectivity index (χ0n) is 12.9. The number of carbonyl (C=O) groups is 1. The van der Waals surface area contributed by atoms with Gasteiger partial charge in [-0.2, -0.15) is 5.10 Å². The Hall–Kier alpha value is -2.44. The largest absolute Gasteiger partial charge is 0.339 e. The molecule has 1 saturated heterocycles. The molecule has 0 spiro atoms. The molecule has 1 aliphatic rings. The summed E-state index contributed by atoms with van der Waals surface area (Å²) in [6, 6.07) is 3.65. The molecule has 3 heterocycles. The Labute approximate surface area is 129 Å². The first-order valence-corrected chi connectivity index (χ1v) is 7.47. The number of carbonyl (C=O) groups excluding carboxylic acids is 1. The van der Waals surface area contributed by atoms with Gasteiger partial charge in [-0.05, 0) is 25.5 Å². The maximum atomic E-state index is 12.5. The molecular formula is C15H20N6O. The molecule has 7 nitrogen and oxygen atoms in total. The lowest BCUT2D eigenvalue weighted by Crippen LogP contribution is -2.35. The smallest absolute Gasteiger partial charge is 0.274 e. The molecule has 0 saturated carbocycles. The highest BCUT2D eigenvalue weighted by Gasteiger charge is 2.22. The van der Waals surface area contributed by atoms with Gasteiger partial charge in [0.1, 0.15) is 5.69 Å². The molecule has 3 rings (SSSR count). The molecule has 0 unspecified atom stereocenters. The summed E-state index contributed by atoms with van der Waals surface area (Å²) < 4.78 is 1.65. The maximum Gasteiger partial charge on any atom is 0.274 e. The number of anilines is 1. The predicted molar refractivity (Wildman–Crippen MR) is 82.7 cm³/mol. The van der Waals surface area contributed by atoms with E-state index < -0.39 is 0 Å². The van der Waals surface area contributed by atoms with E-state index in [4.69, 9.17) is 0 Å². The van der Waals surface area contributed by atoms with Crippen molar-refractivity contribution in [3.05, 3.63) is 35.9 Å². The van der Waals surface area contributed by atoms with Gasteiger partial charge in [0.15, 0.2) is 0 Å². The van der Waals surface area contributed by atoms with Crippen molar-refractivity contribution in [1.82, 2.24) is 24.6 Å². The first kappa shape index (κ1) is 14.5. The van der Waals surface area contributed by atoms with Gasteiger partial charge in [0.2, 0.25) is 5.95 Å². The van der Waals surface area contributed by atoms with E-state index in [1.54, 1.807) is 23.1 Å². The molecular weight excluding hydrogens is 280 g/mol. The van der Waals surface area contributed by atoms with Crippen molar-refractivity contribution in [2.75, 3.05) is 31.1 Å². The first-order chi connectivity index (χ1) is 10.6. The van der Waals surface area contributed by atoms with Gasteiger partial charge in [0.25, 0.3) is 5.91 Å². The average molecular weight is 300 g/mol. The van der Waals surface area contributed by atoms with Crippen molar-refractivity contribution in [3.63, 3.8) is 0 Å². The van der Waals surface area contributed by atoms with Crippen LogP contribution in [0.3, 0.4) is 0 Å². The molecule has 0 bridgehead atoms. The Kier molecular flexibility index (Phi) is 4.04. The number of aryl methyl sites for hydroxylation is 2. The fraction of sp³-hybridized carbons (Fsp3) is 0.467. The second-order valence-corrected chi connectivity index (χ2v) is 5.51. The Bertz CT molecular complexity index is 668. The summed E-state index contributed by atoms with van der Waals surface area (Å²) in [6.07, 6.45) is 4.47. The number of nitrogens with zero attached hydrogens (tertiary/aromatic N) is 6. The third-order valence-corrected chi connectivity index (χ3v) is 3.78. The fourth-order valence-electron chi connectivity index (χ4n) is 2.60. The van der Waals surface area contributed by atoms with E-state index in [-0.39, 0.29) is 5.91 Å². The number of aromatic nitrogens is 4. The van der Waals surface area contributed by atoms with Crippen LogP contribution in [-0.4, -0.2) is 56.7 Å². The molecule has 0 aliphatic carbocycles. The minimum atomic E-state index is -0.00684. The minimum Gasteiger partial charge on any atom is -0.339 e. The Morgan fingerprint density at radius 3 is 2.77 bits per heavy atom. The summed E-state index contributed by atoms with van der Waals surface area (Å²) in [5, 5.41) is 4.19. The monoisotopic (exact) mass is 300 g/mol. The lowest BCUT2D eigenvalue weighted by Gasteiger charge is -2.21. The normalized spacial score (nSPS) is 15.7. The Morgan fingerprint density at radius 2 is 2.05 bits per heavy atom. The van der Waals surface area contributed by atoms with E-state index in [1.807, 2.05) is 24.9 Å². The van der Waals surface area contributed by atoms with Gasteiger partial charge in [-0.1, -0.05) is 0 Å². The van der Waals surface area contributed by atoms with Gasteiger partial charge in [0, 0.05) is 51.3 Å². The molecule has 0 N–H and O–H groups in total. The van der Waals surface area contributed by atoms with E-state index in [0.717, 1.165) is 37.7 Å². The number of amides is 1. The van der Waals surface area contributed by atoms with Gasteiger partial charge in [-0.3, -0.25) is 9.48 Å². The van der Waals surface area contributed by atoms with Gasteiger partial charge < -0.3 is 9.80 Å². The summed E-state index contributed by atoms with van der Waals surface area (Å²) in [7, 11) is 1.82. The highest BCUT2D eigenvalue weighted by Crippen LogP contribution is 2.13. The van der Waals surface area contributed by atoms with Crippen LogP contribution in [0.4, 0.5) is 5.95 Å². The van der Waals surface area contributed by atoms with Crippen LogP contribution in [0.15, 0.2) is 24.5 Å². The first-order valence-electron chi connectivity index (χ1n) is 7.47. The fourth-order valence-corrected chi connectivity index (χ4v) is 2.60. The van der Waals surface area contributed by atoms with Crippen LogP contribution >= 0.6 is 0 Å². The molecule has 7 heteroatoms. The lowest BCUT2D eigenvalue weighted by molar-refractivity contribution is 0.0760. The molecule has 0 aromatic carbocycles. The van der Waals surface area contributed by atoms with Crippen LogP contribution in [0.5, 0.6) is 0 Å². The van der Waals surface area contributed by atoms with Crippen molar-refractivity contribution in [1.29, 1.82) is 0 Å². The van der Waals surface area contributed by atoms with Crippen molar-refractivity contribution < 1.29 is 4.79 Å². The molecule has 116 valence electrons. The van der Waals surface area contributed by atoms with Crippen LogP contribution in [0.2, 0.25) is 0 Å². The van der Waals surface area contributed by atoms with Crippen LogP contribution in [0.1, 0.15) is 22.6 Å². The highest BCUT2D eigenvalue weighted by atomic mass is 16.2. The lowest BCUT2D eigenvalue weighted by atomic mass is 10.3. The van der Waals surface area contributed by atoms with Gasteiger partial charge >= 0.3 is 0 Å². The van der Waals surface area contributed by atoms with E-state index >= 15 is 0 Å². The van der Waals surface area contributed by atoms with Crippen LogP contribution in [0, 0.1) is 6.92 Å². The Balaban J connectivity index is 1.68. The molecule has 1 fully saturated rings. The molecule has 1 aliphatic heterocycles. The van der Waals surface area contributed by atoms with Crippen molar-refractivity contribution in [2.24, 2.45) is 7.05 Å². The van der Waals surface area contributed by atoms with E-state index in [2.05, 4.69) is 20.0 Å². The molecule has 2 aromatic rings.